The van der Waals surface area contributed by atoms with Crippen LogP contribution in [0, 0.1) is 0 Å². The molecule has 3 N–H and O–H groups in total. The number of benzene rings is 1. The minimum Gasteiger partial charge on any atom is -0.453 e. The second-order valence-corrected chi connectivity index (χ2v) is 4.72. The third kappa shape index (κ3) is 5.78. The molecular formula is C14H19N3O3S. The minimum atomic E-state index is -0.653. The van der Waals surface area contributed by atoms with Gasteiger partial charge in [-0.05, 0) is 42.8 Å². The van der Waals surface area contributed by atoms with Crippen LogP contribution in [0.2, 0.25) is 0 Å². The molecule has 0 aliphatic carbocycles. The fraction of sp³-hybridized carbons (Fsp3) is 0.357. The molecule has 1 rings (SSSR count). The Morgan fingerprint density at radius 1 is 1.38 bits per heavy atom. The first-order valence-corrected chi connectivity index (χ1v) is 7.00. The molecule has 0 fully saturated rings. The van der Waals surface area contributed by atoms with Gasteiger partial charge in [0.25, 0.3) is 0 Å². The number of hydrogen-bond donors (Lipinski definition) is 3. The van der Waals surface area contributed by atoms with Crippen LogP contribution in [0.4, 0.5) is 16.2 Å². The van der Waals surface area contributed by atoms with Gasteiger partial charge in [0.2, 0.25) is 6.41 Å². The molecular weight excluding hydrogens is 290 g/mol. The molecule has 1 aromatic rings. The molecule has 0 spiro atoms. The van der Waals surface area contributed by atoms with Gasteiger partial charge in [0.05, 0.1) is 18.5 Å². The molecule has 7 heteroatoms. The zero-order valence-electron chi connectivity index (χ0n) is 12.1. The van der Waals surface area contributed by atoms with Crippen LogP contribution in [0.1, 0.15) is 25.3 Å². The number of nitrogens with one attached hydrogen (secondary N) is 3. The number of carbonyl (C=O) groups is 2. The molecule has 1 aromatic carbocycles. The Kier molecular flexibility index (Phi) is 7.17. The fourth-order valence-electron chi connectivity index (χ4n) is 1.72. The highest BCUT2D eigenvalue weighted by molar-refractivity contribution is 7.80. The molecule has 2 amide bonds. The number of carbonyl (C=O) groups excluding carboxylic acids is 2. The number of rotatable bonds is 6. The van der Waals surface area contributed by atoms with E-state index >= 15 is 0 Å². The Hall–Kier alpha value is -2.15. The number of ether oxygens (including phenoxy) is 1. The average Bonchev–Trinajstić information content (AvgIpc) is 2.47. The van der Waals surface area contributed by atoms with E-state index in [-0.39, 0.29) is 5.11 Å². The number of unbranched alkanes of at least 4 members (excludes halogenated alkanes) is 1. The second-order valence-electron chi connectivity index (χ2n) is 4.32. The molecule has 0 saturated heterocycles. The van der Waals surface area contributed by atoms with Gasteiger partial charge in [0.1, 0.15) is 0 Å². The van der Waals surface area contributed by atoms with Crippen molar-refractivity contribution in [3.8, 4) is 0 Å². The zero-order chi connectivity index (χ0) is 15.7. The van der Waals surface area contributed by atoms with Gasteiger partial charge in [0.15, 0.2) is 5.11 Å². The Balaban J connectivity index is 2.86. The fourth-order valence-corrected chi connectivity index (χ4v) is 1.91. The number of aryl methyl sites for hydroxylation is 1. The van der Waals surface area contributed by atoms with E-state index in [1.807, 2.05) is 12.1 Å². The normalized spacial score (nSPS) is 9.62. The van der Waals surface area contributed by atoms with Gasteiger partial charge < -0.3 is 15.4 Å². The molecule has 0 unspecified atom stereocenters. The quantitative estimate of drug-likeness (QED) is 0.556. The Labute approximate surface area is 129 Å². The van der Waals surface area contributed by atoms with Crippen molar-refractivity contribution in [1.29, 1.82) is 0 Å². The molecule has 0 heterocycles. The van der Waals surface area contributed by atoms with Gasteiger partial charge >= 0.3 is 6.09 Å². The third-order valence-corrected chi connectivity index (χ3v) is 2.97. The number of methoxy groups -OCH3 is 1. The van der Waals surface area contributed by atoms with Crippen LogP contribution >= 0.6 is 12.2 Å². The summed E-state index contributed by atoms with van der Waals surface area (Å²) in [6.07, 6.45) is 3.04. The van der Waals surface area contributed by atoms with Gasteiger partial charge in [-0.15, -0.1) is 0 Å². The minimum absolute atomic E-state index is 0.100. The predicted molar refractivity (Wildman–Crippen MR) is 86.5 cm³/mol. The van der Waals surface area contributed by atoms with Gasteiger partial charge in [-0.25, -0.2) is 4.79 Å². The SMILES string of the molecule is CCCCc1ccc(NC=O)c(NC(=S)NC(=O)OC)c1. The van der Waals surface area contributed by atoms with Gasteiger partial charge in [-0.1, -0.05) is 19.4 Å². The first kappa shape index (κ1) is 16.9. The van der Waals surface area contributed by atoms with E-state index in [0.29, 0.717) is 17.8 Å². The maximum atomic E-state index is 11.1. The summed E-state index contributed by atoms with van der Waals surface area (Å²) in [4.78, 5) is 21.7. The summed E-state index contributed by atoms with van der Waals surface area (Å²) < 4.78 is 4.46. The van der Waals surface area contributed by atoms with Crippen LogP contribution in [0.25, 0.3) is 0 Å². The molecule has 0 bridgehead atoms. The van der Waals surface area contributed by atoms with Gasteiger partial charge in [-0.3, -0.25) is 10.1 Å². The lowest BCUT2D eigenvalue weighted by molar-refractivity contribution is -0.105. The van der Waals surface area contributed by atoms with E-state index in [2.05, 4.69) is 27.6 Å². The lowest BCUT2D eigenvalue weighted by atomic mass is 10.1. The maximum Gasteiger partial charge on any atom is 0.413 e. The van der Waals surface area contributed by atoms with Crippen molar-refractivity contribution in [3.63, 3.8) is 0 Å². The van der Waals surface area contributed by atoms with Crippen LogP contribution in [0.15, 0.2) is 18.2 Å². The molecule has 0 radical (unpaired) electrons. The van der Waals surface area contributed by atoms with Crippen molar-refractivity contribution < 1.29 is 14.3 Å². The summed E-state index contributed by atoms with van der Waals surface area (Å²) in [5, 5.41) is 7.91. The van der Waals surface area contributed by atoms with Crippen molar-refractivity contribution in [1.82, 2.24) is 5.32 Å². The summed E-state index contributed by atoms with van der Waals surface area (Å²) in [5.41, 5.74) is 2.33. The molecule has 0 aliphatic rings. The number of amides is 2. The smallest absolute Gasteiger partial charge is 0.413 e. The van der Waals surface area contributed by atoms with Crippen molar-refractivity contribution in [3.05, 3.63) is 23.8 Å². The second kappa shape index (κ2) is 8.91. The van der Waals surface area contributed by atoms with E-state index < -0.39 is 6.09 Å². The maximum absolute atomic E-state index is 11.1. The van der Waals surface area contributed by atoms with Crippen molar-refractivity contribution >= 4 is 41.2 Å². The Morgan fingerprint density at radius 3 is 2.76 bits per heavy atom. The summed E-state index contributed by atoms with van der Waals surface area (Å²) in [6, 6.07) is 5.64. The summed E-state index contributed by atoms with van der Waals surface area (Å²) >= 11 is 5.01. The molecule has 0 aliphatic heterocycles. The largest absolute Gasteiger partial charge is 0.453 e. The highest BCUT2D eigenvalue weighted by atomic mass is 32.1. The number of anilines is 2. The van der Waals surface area contributed by atoms with E-state index in [1.54, 1.807) is 6.07 Å². The van der Waals surface area contributed by atoms with Crippen LogP contribution in [0.5, 0.6) is 0 Å². The van der Waals surface area contributed by atoms with Crippen LogP contribution in [-0.4, -0.2) is 24.7 Å². The number of alkyl carbamates (subject to hydrolysis) is 1. The third-order valence-electron chi connectivity index (χ3n) is 2.77. The first-order valence-electron chi connectivity index (χ1n) is 6.59. The standard InChI is InChI=1S/C14H19N3O3S/c1-3-4-5-10-6-7-11(15-9-18)12(8-10)16-13(21)17-14(19)20-2/h6-9H,3-5H2,1-2H3,(H,15,18)(H2,16,17,19,21). The van der Waals surface area contributed by atoms with E-state index in [4.69, 9.17) is 12.2 Å². The molecule has 0 atom stereocenters. The van der Waals surface area contributed by atoms with Crippen LogP contribution < -0.4 is 16.0 Å². The van der Waals surface area contributed by atoms with Crippen LogP contribution in [-0.2, 0) is 16.0 Å². The lowest BCUT2D eigenvalue weighted by Crippen LogP contribution is -2.34. The Morgan fingerprint density at radius 2 is 2.14 bits per heavy atom. The highest BCUT2D eigenvalue weighted by Crippen LogP contribution is 2.23. The summed E-state index contributed by atoms with van der Waals surface area (Å²) in [5.74, 6) is 0. The molecule has 6 nitrogen and oxygen atoms in total. The zero-order valence-corrected chi connectivity index (χ0v) is 12.9. The number of hydrogen-bond acceptors (Lipinski definition) is 4. The topological polar surface area (TPSA) is 79.5 Å². The molecule has 0 saturated carbocycles. The lowest BCUT2D eigenvalue weighted by Gasteiger charge is -2.14. The summed E-state index contributed by atoms with van der Waals surface area (Å²) in [7, 11) is 1.25. The highest BCUT2D eigenvalue weighted by Gasteiger charge is 2.08. The average molecular weight is 309 g/mol. The van der Waals surface area contributed by atoms with Gasteiger partial charge in [0, 0.05) is 0 Å². The van der Waals surface area contributed by atoms with Crippen molar-refractivity contribution in [2.45, 2.75) is 26.2 Å². The van der Waals surface area contributed by atoms with Crippen molar-refractivity contribution in [2.75, 3.05) is 17.7 Å². The summed E-state index contributed by atoms with van der Waals surface area (Å²) in [6.45, 7) is 2.12. The predicted octanol–water partition coefficient (Wildman–Crippen LogP) is 2.65. The molecule has 0 aromatic heterocycles. The van der Waals surface area contributed by atoms with E-state index in [0.717, 1.165) is 24.8 Å². The van der Waals surface area contributed by atoms with Crippen LogP contribution in [0.3, 0.4) is 0 Å². The van der Waals surface area contributed by atoms with E-state index in [9.17, 15) is 9.59 Å². The monoisotopic (exact) mass is 309 g/mol. The van der Waals surface area contributed by atoms with Crippen molar-refractivity contribution in [2.24, 2.45) is 0 Å². The van der Waals surface area contributed by atoms with Gasteiger partial charge in [-0.2, -0.15) is 0 Å². The first-order chi connectivity index (χ1) is 10.1. The van der Waals surface area contributed by atoms with E-state index in [1.165, 1.54) is 7.11 Å². The molecule has 114 valence electrons. The molecule has 21 heavy (non-hydrogen) atoms. The number of thiocarbonyl (C=S) groups is 1. The Bertz CT molecular complexity index is 520.